The summed E-state index contributed by atoms with van der Waals surface area (Å²) >= 11 is 0. The number of benzene rings is 1. The monoisotopic (exact) mass is 409 g/mol. The molecule has 0 atom stereocenters. The summed E-state index contributed by atoms with van der Waals surface area (Å²) in [5.74, 6) is 0.176. The van der Waals surface area contributed by atoms with E-state index in [0.717, 1.165) is 24.1 Å². The fourth-order valence-electron chi connectivity index (χ4n) is 3.44. The predicted octanol–water partition coefficient (Wildman–Crippen LogP) is 3.23. The van der Waals surface area contributed by atoms with Crippen LogP contribution in [-0.4, -0.2) is 44.2 Å². The van der Waals surface area contributed by atoms with Gasteiger partial charge in [0.25, 0.3) is 11.9 Å². The lowest BCUT2D eigenvalue weighted by atomic mass is 9.96. The van der Waals surface area contributed by atoms with Crippen molar-refractivity contribution < 1.29 is 10.6 Å². The van der Waals surface area contributed by atoms with E-state index in [1.54, 1.807) is 32.3 Å². The van der Waals surface area contributed by atoms with E-state index in [-0.39, 0.29) is 7.33 Å². The molecule has 3 aromatic rings. The van der Waals surface area contributed by atoms with Crippen molar-refractivity contribution in [3.05, 3.63) is 64.6 Å². The topological polar surface area (TPSA) is 88.8 Å². The maximum Gasteiger partial charge on any atom is 0.266 e. The molecule has 30 heavy (non-hydrogen) atoms. The molecule has 8 nitrogen and oxygen atoms in total. The summed E-state index contributed by atoms with van der Waals surface area (Å²) < 4.78 is 13.5. The molecule has 0 saturated heterocycles. The summed E-state index contributed by atoms with van der Waals surface area (Å²) in [5.41, 5.74) is 4.40. The second kappa shape index (κ2) is 8.02. The molecule has 0 saturated carbocycles. The van der Waals surface area contributed by atoms with Crippen molar-refractivity contribution in [3.63, 3.8) is 0 Å². The van der Waals surface area contributed by atoms with E-state index >= 15 is 0 Å². The van der Waals surface area contributed by atoms with Gasteiger partial charge in [-0.1, -0.05) is 16.7 Å². The van der Waals surface area contributed by atoms with E-state index < -0.39 is 5.82 Å². The van der Waals surface area contributed by atoms with E-state index in [1.807, 2.05) is 6.07 Å². The van der Waals surface area contributed by atoms with Crippen molar-refractivity contribution >= 4 is 23.2 Å². The lowest BCUT2D eigenvalue weighted by Gasteiger charge is -2.28. The van der Waals surface area contributed by atoms with E-state index in [4.69, 9.17) is 0 Å². The number of pyridine rings is 1. The zero-order valence-electron chi connectivity index (χ0n) is 17.1. The summed E-state index contributed by atoms with van der Waals surface area (Å²) in [6, 6.07) is 7.81. The van der Waals surface area contributed by atoms with Crippen LogP contribution >= 0.6 is 0 Å². The SMILES string of the molecule is CC1=C(c2ccc(NC(=O)c3cc(F)ccc3C)nc2)CN(c2nnn(C)n2)CC1.[HH]. The molecular weight excluding hydrogens is 385 g/mol. The van der Waals surface area contributed by atoms with Crippen LogP contribution in [0, 0.1) is 12.7 Å². The molecule has 2 aromatic heterocycles. The van der Waals surface area contributed by atoms with Gasteiger partial charge in [-0.15, -0.1) is 5.10 Å². The highest BCUT2D eigenvalue weighted by Gasteiger charge is 2.21. The Kier molecular flexibility index (Phi) is 5.26. The molecule has 0 unspecified atom stereocenters. The van der Waals surface area contributed by atoms with Gasteiger partial charge in [-0.05, 0) is 66.4 Å². The first-order chi connectivity index (χ1) is 14.4. The highest BCUT2D eigenvalue weighted by atomic mass is 19.1. The van der Waals surface area contributed by atoms with Gasteiger partial charge in [0.15, 0.2) is 0 Å². The zero-order chi connectivity index (χ0) is 21.3. The Balaban J connectivity index is 0.00000272. The number of amides is 1. The fraction of sp³-hybridized carbons (Fsp3) is 0.286. The molecule has 4 rings (SSSR count). The molecule has 0 fully saturated rings. The molecule has 1 N–H and O–H groups in total. The van der Waals surface area contributed by atoms with Gasteiger partial charge in [0.1, 0.15) is 11.6 Å². The standard InChI is InChI=1S/C21H22FN7O.H2/c1-13-4-6-16(22)10-17(13)20(30)24-19-7-5-15(11-23-19)18-12-29(9-8-14(18)2)21-25-27-28(3)26-21;/h4-7,10-11H,8-9,12H2,1-3H3,(H,23,24,30);1H. The van der Waals surface area contributed by atoms with E-state index in [9.17, 15) is 9.18 Å². The Morgan fingerprint density at radius 1 is 1.23 bits per heavy atom. The number of hydrogen-bond acceptors (Lipinski definition) is 6. The number of aryl methyl sites for hydroxylation is 2. The number of hydrogen-bond donors (Lipinski definition) is 1. The molecule has 156 valence electrons. The molecule has 1 aliphatic rings. The lowest BCUT2D eigenvalue weighted by Crippen LogP contribution is -2.31. The molecule has 0 aliphatic carbocycles. The van der Waals surface area contributed by atoms with Gasteiger partial charge in [0.2, 0.25) is 0 Å². The third-order valence-electron chi connectivity index (χ3n) is 5.20. The van der Waals surface area contributed by atoms with Gasteiger partial charge in [0.05, 0.1) is 7.05 Å². The normalized spacial score (nSPS) is 14.2. The molecule has 9 heteroatoms. The lowest BCUT2D eigenvalue weighted by molar-refractivity contribution is 0.102. The summed E-state index contributed by atoms with van der Waals surface area (Å²) in [6.07, 6.45) is 2.63. The minimum atomic E-state index is -0.448. The third kappa shape index (κ3) is 4.05. The first kappa shape index (κ1) is 19.7. The number of aromatic nitrogens is 5. The largest absolute Gasteiger partial charge is 0.334 e. The van der Waals surface area contributed by atoms with Crippen molar-refractivity contribution in [1.29, 1.82) is 0 Å². The number of rotatable bonds is 4. The average Bonchev–Trinajstić information content (AvgIpc) is 3.17. The van der Waals surface area contributed by atoms with Gasteiger partial charge >= 0.3 is 0 Å². The summed E-state index contributed by atoms with van der Waals surface area (Å²) in [6.45, 7) is 5.36. The Morgan fingerprint density at radius 2 is 2.07 bits per heavy atom. The van der Waals surface area contributed by atoms with Crippen LogP contribution in [0.25, 0.3) is 5.57 Å². The maximum atomic E-state index is 13.5. The number of halogens is 1. The Hall–Kier alpha value is -3.62. The van der Waals surface area contributed by atoms with Crippen LogP contribution in [0.2, 0.25) is 0 Å². The van der Waals surface area contributed by atoms with Gasteiger partial charge in [0, 0.05) is 26.3 Å². The van der Waals surface area contributed by atoms with Gasteiger partial charge in [-0.3, -0.25) is 4.79 Å². The molecule has 1 amide bonds. The van der Waals surface area contributed by atoms with Crippen molar-refractivity contribution in [1.82, 2.24) is 25.2 Å². The number of anilines is 2. The van der Waals surface area contributed by atoms with E-state index in [1.165, 1.54) is 22.5 Å². The average molecular weight is 409 g/mol. The Bertz CT molecular complexity index is 1130. The second-order valence-corrected chi connectivity index (χ2v) is 7.35. The highest BCUT2D eigenvalue weighted by molar-refractivity contribution is 6.04. The molecule has 0 spiro atoms. The summed E-state index contributed by atoms with van der Waals surface area (Å²) in [4.78, 5) is 20.4. The van der Waals surface area contributed by atoms with Gasteiger partial charge in [-0.2, -0.15) is 4.80 Å². The predicted molar refractivity (Wildman–Crippen MR) is 114 cm³/mol. The number of carbonyl (C=O) groups excluding carboxylic acids is 1. The number of tetrazole rings is 1. The van der Waals surface area contributed by atoms with Crippen LogP contribution < -0.4 is 10.2 Å². The number of carbonyl (C=O) groups is 1. The van der Waals surface area contributed by atoms with E-state index in [2.05, 4.69) is 37.5 Å². The minimum absolute atomic E-state index is 0. The fourth-order valence-corrected chi connectivity index (χ4v) is 3.44. The van der Waals surface area contributed by atoms with Crippen molar-refractivity contribution in [2.24, 2.45) is 7.05 Å². The number of nitrogens with one attached hydrogen (secondary N) is 1. The van der Waals surface area contributed by atoms with Crippen LogP contribution in [0.3, 0.4) is 0 Å². The smallest absolute Gasteiger partial charge is 0.266 e. The van der Waals surface area contributed by atoms with Gasteiger partial charge in [-0.25, -0.2) is 9.37 Å². The first-order valence-electron chi connectivity index (χ1n) is 9.62. The molecule has 0 radical (unpaired) electrons. The van der Waals surface area contributed by atoms with E-state index in [0.29, 0.717) is 29.4 Å². The minimum Gasteiger partial charge on any atom is -0.334 e. The van der Waals surface area contributed by atoms with Crippen LogP contribution in [0.15, 0.2) is 42.1 Å². The molecule has 3 heterocycles. The molecular formula is C21H24FN7O. The molecule has 0 bridgehead atoms. The Labute approximate surface area is 174 Å². The maximum absolute atomic E-state index is 13.5. The van der Waals surface area contributed by atoms with Crippen LogP contribution in [0.5, 0.6) is 0 Å². The molecule has 1 aliphatic heterocycles. The van der Waals surface area contributed by atoms with Gasteiger partial charge < -0.3 is 10.2 Å². The Morgan fingerprint density at radius 3 is 2.77 bits per heavy atom. The molecule has 1 aromatic carbocycles. The zero-order valence-corrected chi connectivity index (χ0v) is 17.1. The summed E-state index contributed by atoms with van der Waals surface area (Å²) in [7, 11) is 1.74. The first-order valence-corrected chi connectivity index (χ1v) is 9.62. The van der Waals surface area contributed by atoms with Crippen molar-refractivity contribution in [3.8, 4) is 0 Å². The van der Waals surface area contributed by atoms with Crippen molar-refractivity contribution in [2.75, 3.05) is 23.3 Å². The van der Waals surface area contributed by atoms with Crippen LogP contribution in [0.4, 0.5) is 16.2 Å². The highest BCUT2D eigenvalue weighted by Crippen LogP contribution is 2.28. The van der Waals surface area contributed by atoms with Crippen LogP contribution in [-0.2, 0) is 7.05 Å². The van der Waals surface area contributed by atoms with Crippen LogP contribution in [0.1, 0.15) is 36.3 Å². The van der Waals surface area contributed by atoms with Crippen molar-refractivity contribution in [2.45, 2.75) is 20.3 Å². The second-order valence-electron chi connectivity index (χ2n) is 7.35. The third-order valence-corrected chi connectivity index (χ3v) is 5.20. The quantitative estimate of drug-likeness (QED) is 0.712. The number of nitrogens with zero attached hydrogens (tertiary/aromatic N) is 6. The summed E-state index contributed by atoms with van der Waals surface area (Å²) in [5, 5.41) is 15.0.